The summed E-state index contributed by atoms with van der Waals surface area (Å²) in [6, 6.07) is 12.0. The molecule has 0 aliphatic carbocycles. The van der Waals surface area contributed by atoms with E-state index >= 15 is 0 Å². The van der Waals surface area contributed by atoms with Crippen LogP contribution in [0.25, 0.3) is 0 Å². The second-order valence-electron chi connectivity index (χ2n) is 7.12. The van der Waals surface area contributed by atoms with Crippen LogP contribution in [0.15, 0.2) is 61.1 Å². The van der Waals surface area contributed by atoms with Crippen molar-refractivity contribution < 1.29 is 9.18 Å². The minimum atomic E-state index is -0.287. The van der Waals surface area contributed by atoms with Gasteiger partial charge in [-0.2, -0.15) is 0 Å². The van der Waals surface area contributed by atoms with Gasteiger partial charge in [0.25, 0.3) is 0 Å². The third kappa shape index (κ3) is 4.93. The number of hydrogen-bond donors (Lipinski definition) is 1. The molecule has 1 aromatic carbocycles. The molecule has 1 aliphatic rings. The van der Waals surface area contributed by atoms with Crippen LogP contribution in [0.4, 0.5) is 16.0 Å². The number of amides is 1. The van der Waals surface area contributed by atoms with Crippen LogP contribution in [0.5, 0.6) is 0 Å². The summed E-state index contributed by atoms with van der Waals surface area (Å²) < 4.78 is 13.0. The minimum absolute atomic E-state index is 0.0843. The molecule has 148 valence electrons. The normalized spacial score (nSPS) is 14.6. The molecule has 1 N–H and O–H groups in total. The molecule has 7 heteroatoms. The Morgan fingerprint density at radius 2 is 1.86 bits per heavy atom. The lowest BCUT2D eigenvalue weighted by molar-refractivity contribution is -0.131. The van der Waals surface area contributed by atoms with E-state index in [1.807, 2.05) is 23.1 Å². The molecule has 0 bridgehead atoms. The number of anilines is 2. The quantitative estimate of drug-likeness (QED) is 0.718. The van der Waals surface area contributed by atoms with E-state index in [1.165, 1.54) is 12.1 Å². The number of pyridine rings is 1. The number of carbonyl (C=O) groups is 1. The fourth-order valence-electron chi connectivity index (χ4n) is 3.56. The van der Waals surface area contributed by atoms with E-state index in [2.05, 4.69) is 15.3 Å². The smallest absolute Gasteiger partial charge is 0.226 e. The number of aromatic nitrogens is 3. The molecule has 6 nitrogen and oxygen atoms in total. The number of halogens is 1. The van der Waals surface area contributed by atoms with Gasteiger partial charge >= 0.3 is 0 Å². The summed E-state index contributed by atoms with van der Waals surface area (Å²) in [6.45, 7) is 1.41. The summed E-state index contributed by atoms with van der Waals surface area (Å²) in [6.07, 6.45) is 6.96. The van der Waals surface area contributed by atoms with Crippen molar-refractivity contribution in [2.75, 3.05) is 18.4 Å². The van der Waals surface area contributed by atoms with E-state index in [0.29, 0.717) is 31.2 Å². The van der Waals surface area contributed by atoms with E-state index in [-0.39, 0.29) is 11.7 Å². The lowest BCUT2D eigenvalue weighted by Crippen LogP contribution is -2.38. The van der Waals surface area contributed by atoms with Gasteiger partial charge in [-0.05, 0) is 42.7 Å². The van der Waals surface area contributed by atoms with Gasteiger partial charge in [0.2, 0.25) is 5.91 Å². The number of piperidine rings is 1. The van der Waals surface area contributed by atoms with Crippen molar-refractivity contribution in [1.29, 1.82) is 0 Å². The van der Waals surface area contributed by atoms with Gasteiger partial charge in [0.15, 0.2) is 0 Å². The number of hydrogen-bond acceptors (Lipinski definition) is 5. The molecule has 29 heavy (non-hydrogen) atoms. The first-order valence-electron chi connectivity index (χ1n) is 9.69. The third-order valence-electron chi connectivity index (χ3n) is 5.12. The monoisotopic (exact) mass is 391 g/mol. The van der Waals surface area contributed by atoms with Gasteiger partial charge in [-0.15, -0.1) is 0 Å². The standard InChI is InChI=1S/C22H22FN5O/c23-18-6-4-16(5-7-18)14-22(29)28-12-8-17(9-13-28)19-2-1-3-20(26-19)27-21-15-24-10-11-25-21/h1-7,10-11,15,17H,8-9,12-14H2,(H,25,26,27). The van der Waals surface area contributed by atoms with Crippen LogP contribution in [-0.2, 0) is 11.2 Å². The van der Waals surface area contributed by atoms with Gasteiger partial charge in [0, 0.05) is 37.1 Å². The van der Waals surface area contributed by atoms with E-state index in [4.69, 9.17) is 4.98 Å². The number of nitrogens with zero attached hydrogens (tertiary/aromatic N) is 4. The van der Waals surface area contributed by atoms with Gasteiger partial charge in [-0.25, -0.2) is 14.4 Å². The molecule has 0 radical (unpaired) electrons. The Balaban J connectivity index is 1.34. The highest BCUT2D eigenvalue weighted by molar-refractivity contribution is 5.78. The number of carbonyl (C=O) groups excluding carboxylic acids is 1. The fourth-order valence-corrected chi connectivity index (χ4v) is 3.56. The lowest BCUT2D eigenvalue weighted by Gasteiger charge is -2.32. The molecule has 1 amide bonds. The van der Waals surface area contributed by atoms with E-state index in [0.717, 1.165) is 29.9 Å². The van der Waals surface area contributed by atoms with Crippen LogP contribution in [0.3, 0.4) is 0 Å². The molecule has 0 atom stereocenters. The summed E-state index contributed by atoms with van der Waals surface area (Å²) in [7, 11) is 0. The molecule has 3 aromatic rings. The zero-order valence-electron chi connectivity index (χ0n) is 16.0. The highest BCUT2D eigenvalue weighted by atomic mass is 19.1. The summed E-state index contributed by atoms with van der Waals surface area (Å²) in [5, 5.41) is 3.17. The van der Waals surface area contributed by atoms with Crippen LogP contribution in [0.1, 0.15) is 30.0 Å². The molecular formula is C22H22FN5O. The Kier molecular flexibility index (Phi) is 5.74. The predicted molar refractivity (Wildman–Crippen MR) is 108 cm³/mol. The van der Waals surface area contributed by atoms with Crippen LogP contribution in [-0.4, -0.2) is 38.8 Å². The fraction of sp³-hybridized carbons (Fsp3) is 0.273. The van der Waals surface area contributed by atoms with Crippen molar-refractivity contribution in [2.24, 2.45) is 0 Å². The summed E-state index contributed by atoms with van der Waals surface area (Å²) >= 11 is 0. The molecule has 1 saturated heterocycles. The summed E-state index contributed by atoms with van der Waals surface area (Å²) in [5.74, 6) is 1.50. The average Bonchev–Trinajstić information content (AvgIpc) is 2.76. The van der Waals surface area contributed by atoms with Gasteiger partial charge in [0.05, 0.1) is 12.6 Å². The lowest BCUT2D eigenvalue weighted by atomic mass is 9.92. The number of rotatable bonds is 5. The van der Waals surface area contributed by atoms with E-state index < -0.39 is 0 Å². The van der Waals surface area contributed by atoms with Crippen LogP contribution < -0.4 is 5.32 Å². The topological polar surface area (TPSA) is 71.0 Å². The van der Waals surface area contributed by atoms with Crippen molar-refractivity contribution in [2.45, 2.75) is 25.2 Å². The third-order valence-corrected chi connectivity index (χ3v) is 5.12. The second-order valence-corrected chi connectivity index (χ2v) is 7.12. The second kappa shape index (κ2) is 8.77. The summed E-state index contributed by atoms with van der Waals surface area (Å²) in [4.78, 5) is 27.4. The Morgan fingerprint density at radius 3 is 2.59 bits per heavy atom. The van der Waals surface area contributed by atoms with Crippen molar-refractivity contribution in [3.8, 4) is 0 Å². The van der Waals surface area contributed by atoms with Crippen molar-refractivity contribution in [3.05, 3.63) is 78.1 Å². The average molecular weight is 391 g/mol. The first-order valence-corrected chi connectivity index (χ1v) is 9.69. The van der Waals surface area contributed by atoms with Crippen molar-refractivity contribution >= 4 is 17.5 Å². The molecule has 2 aromatic heterocycles. The Morgan fingerprint density at radius 1 is 1.07 bits per heavy atom. The number of benzene rings is 1. The minimum Gasteiger partial charge on any atom is -0.342 e. The molecule has 4 rings (SSSR count). The molecule has 1 aliphatic heterocycles. The Bertz CT molecular complexity index is 956. The maximum atomic E-state index is 13.0. The van der Waals surface area contributed by atoms with Crippen LogP contribution in [0.2, 0.25) is 0 Å². The molecule has 0 saturated carbocycles. The first kappa shape index (κ1) is 19.0. The molecular weight excluding hydrogens is 369 g/mol. The number of likely N-dealkylation sites (tertiary alicyclic amines) is 1. The maximum Gasteiger partial charge on any atom is 0.226 e. The van der Waals surface area contributed by atoms with Gasteiger partial charge < -0.3 is 10.2 Å². The Labute approximate surface area is 168 Å². The Hall–Kier alpha value is -3.35. The van der Waals surface area contributed by atoms with Gasteiger partial charge in [0.1, 0.15) is 17.5 Å². The molecule has 3 heterocycles. The highest BCUT2D eigenvalue weighted by Gasteiger charge is 2.24. The highest BCUT2D eigenvalue weighted by Crippen LogP contribution is 2.28. The number of nitrogens with one attached hydrogen (secondary N) is 1. The zero-order chi connectivity index (χ0) is 20.1. The van der Waals surface area contributed by atoms with Crippen LogP contribution in [0, 0.1) is 5.82 Å². The van der Waals surface area contributed by atoms with Crippen LogP contribution >= 0.6 is 0 Å². The molecule has 0 unspecified atom stereocenters. The zero-order valence-corrected chi connectivity index (χ0v) is 16.0. The van der Waals surface area contributed by atoms with E-state index in [9.17, 15) is 9.18 Å². The largest absolute Gasteiger partial charge is 0.342 e. The molecule has 1 fully saturated rings. The van der Waals surface area contributed by atoms with Gasteiger partial charge in [-0.3, -0.25) is 9.78 Å². The van der Waals surface area contributed by atoms with E-state index in [1.54, 1.807) is 30.7 Å². The maximum absolute atomic E-state index is 13.0. The molecule has 0 spiro atoms. The van der Waals surface area contributed by atoms with Crippen molar-refractivity contribution in [1.82, 2.24) is 19.9 Å². The predicted octanol–water partition coefficient (Wildman–Crippen LogP) is 3.70. The SMILES string of the molecule is O=C(Cc1ccc(F)cc1)N1CCC(c2cccc(Nc3cnccn3)n2)CC1. The summed E-state index contributed by atoms with van der Waals surface area (Å²) in [5.41, 5.74) is 1.85. The van der Waals surface area contributed by atoms with Gasteiger partial charge in [-0.1, -0.05) is 18.2 Å². The van der Waals surface area contributed by atoms with Crippen molar-refractivity contribution in [3.63, 3.8) is 0 Å². The first-order chi connectivity index (χ1) is 14.2.